The van der Waals surface area contributed by atoms with Gasteiger partial charge in [0.1, 0.15) is 11.4 Å². The second-order valence-electron chi connectivity index (χ2n) is 8.96. The predicted molar refractivity (Wildman–Crippen MR) is 134 cm³/mol. The number of alkyl halides is 3. The van der Waals surface area contributed by atoms with E-state index >= 15 is 0 Å². The summed E-state index contributed by atoms with van der Waals surface area (Å²) in [6.45, 7) is 5.62. The molecule has 1 unspecified atom stereocenters. The molecule has 3 rings (SSSR count). The van der Waals surface area contributed by atoms with Crippen LogP contribution in [-0.2, 0) is 10.1 Å². The molecule has 35 heavy (non-hydrogen) atoms. The molecule has 0 fully saturated rings. The van der Waals surface area contributed by atoms with Gasteiger partial charge in [0.15, 0.2) is 0 Å². The summed E-state index contributed by atoms with van der Waals surface area (Å²) < 4.78 is 75.5. The maximum absolute atomic E-state index is 13.6. The molecule has 0 aliphatic carbocycles. The highest BCUT2D eigenvalue weighted by Crippen LogP contribution is 2.69. The summed E-state index contributed by atoms with van der Waals surface area (Å²) >= 11 is 0. The van der Waals surface area contributed by atoms with Crippen LogP contribution in [0.25, 0.3) is 0 Å². The van der Waals surface area contributed by atoms with E-state index in [-0.39, 0.29) is 0 Å². The molecular weight excluding hydrogens is 499 g/mol. The molecule has 1 N–H and O–H groups in total. The molecule has 0 bridgehead atoms. The molecule has 1 atom stereocenters. The summed E-state index contributed by atoms with van der Waals surface area (Å²) in [5.74, 6) is 0.504. The van der Waals surface area contributed by atoms with Crippen LogP contribution in [0.15, 0.2) is 93.5 Å². The highest BCUT2D eigenvalue weighted by atomic mass is 32.3. The van der Waals surface area contributed by atoms with Crippen LogP contribution in [0.4, 0.5) is 18.9 Å². The molecule has 0 aliphatic rings. The Balaban J connectivity index is 2.32. The van der Waals surface area contributed by atoms with Gasteiger partial charge in [0.2, 0.25) is 0 Å². The summed E-state index contributed by atoms with van der Waals surface area (Å²) in [7, 11) is -5.41. The van der Waals surface area contributed by atoms with E-state index < -0.39 is 31.5 Å². The van der Waals surface area contributed by atoms with E-state index in [1.807, 2.05) is 39.8 Å². The zero-order valence-corrected chi connectivity index (χ0v) is 21.7. The van der Waals surface area contributed by atoms with Crippen molar-refractivity contribution in [3.63, 3.8) is 0 Å². The number of benzene rings is 3. The van der Waals surface area contributed by atoms with Crippen LogP contribution in [0.5, 0.6) is 5.75 Å². The topological polar surface area (TPSA) is 59.4 Å². The molecule has 0 saturated heterocycles. The molecule has 0 spiro atoms. The Labute approximate surface area is 206 Å². The molecule has 0 amide bonds. The molecule has 10 heteroatoms. The third-order valence-corrected chi connectivity index (χ3v) is 10.00. The molecule has 3 aromatic carbocycles. The first-order valence-electron chi connectivity index (χ1n) is 10.7. The van der Waals surface area contributed by atoms with Crippen molar-refractivity contribution in [2.75, 3.05) is 19.0 Å². The molecule has 0 radical (unpaired) electrons. The Morgan fingerprint density at radius 1 is 0.743 bits per heavy atom. The van der Waals surface area contributed by atoms with Crippen LogP contribution < -0.4 is 9.64 Å². The van der Waals surface area contributed by atoms with Gasteiger partial charge in [0, 0.05) is 19.8 Å². The fourth-order valence-electron chi connectivity index (χ4n) is 3.34. The van der Waals surface area contributed by atoms with Crippen LogP contribution in [-0.4, -0.2) is 37.3 Å². The molecule has 3 aromatic rings. The number of rotatable bonds is 7. The maximum atomic E-state index is 13.6. The summed E-state index contributed by atoms with van der Waals surface area (Å²) in [5.41, 5.74) is -5.22. The SMILES string of the molecule is CN(C)c1ccc(S([OH+]S(=O)(=O)C(F)(F)F)(c2ccccc2)c2ccc(OC(C)(C)C)cc2)cc1. The van der Waals surface area contributed by atoms with Gasteiger partial charge in [-0.15, -0.1) is 8.42 Å². The van der Waals surface area contributed by atoms with Gasteiger partial charge < -0.3 is 9.64 Å². The largest absolute Gasteiger partial charge is 0.572 e. The Kier molecular flexibility index (Phi) is 7.50. The zero-order chi connectivity index (χ0) is 26.1. The standard InChI is InChI=1S/C25H28F3NO4S2/c1-24(2,3)32-20-13-17-23(18-14-20)34(21-9-7-6-8-10-21,33-35(30,31)25(26,27)28)22-15-11-19(12-16-22)29(4)5/h6-18H,1-5H3/p+1. The average Bonchev–Trinajstić information content (AvgIpc) is 2.77. The van der Waals surface area contributed by atoms with E-state index in [0.29, 0.717) is 20.4 Å². The lowest BCUT2D eigenvalue weighted by Crippen LogP contribution is -2.30. The van der Waals surface area contributed by atoms with Crippen molar-refractivity contribution in [1.82, 2.24) is 0 Å². The lowest BCUT2D eigenvalue weighted by atomic mass is 10.2. The molecular formula is C25H29F3NO4S2+. The van der Waals surface area contributed by atoms with Gasteiger partial charge in [-0.3, -0.25) is 3.63 Å². The Morgan fingerprint density at radius 3 is 1.63 bits per heavy atom. The second-order valence-corrected chi connectivity index (χ2v) is 13.5. The van der Waals surface area contributed by atoms with E-state index in [9.17, 15) is 21.6 Å². The Hall–Kier alpha value is -2.69. The third-order valence-electron chi connectivity index (χ3n) is 4.87. The van der Waals surface area contributed by atoms with Crippen molar-refractivity contribution in [1.29, 1.82) is 0 Å². The summed E-state index contributed by atoms with van der Waals surface area (Å²) in [4.78, 5) is 2.88. The first-order valence-corrected chi connectivity index (χ1v) is 13.7. The minimum atomic E-state index is -5.84. The molecule has 0 aromatic heterocycles. The summed E-state index contributed by atoms with van der Waals surface area (Å²) in [5, 5.41) is 0. The van der Waals surface area contributed by atoms with Crippen molar-refractivity contribution >= 4 is 26.1 Å². The number of hydrogen-bond donors (Lipinski definition) is 0. The van der Waals surface area contributed by atoms with Crippen LogP contribution >= 0.6 is 10.3 Å². The monoisotopic (exact) mass is 528 g/mol. The van der Waals surface area contributed by atoms with Gasteiger partial charge in [-0.2, -0.15) is 13.2 Å². The highest BCUT2D eigenvalue weighted by molar-refractivity contribution is 8.32. The normalized spacial score (nSPS) is 15.2. The molecule has 190 valence electrons. The van der Waals surface area contributed by atoms with Crippen molar-refractivity contribution in [2.45, 2.75) is 46.6 Å². The minimum Gasteiger partial charge on any atom is -0.488 e. The van der Waals surface area contributed by atoms with Gasteiger partial charge in [0.25, 0.3) is 0 Å². The molecule has 0 saturated carbocycles. The van der Waals surface area contributed by atoms with E-state index in [1.54, 1.807) is 78.9 Å². The number of hydrogen-bond acceptors (Lipinski definition) is 4. The van der Waals surface area contributed by atoms with E-state index in [0.717, 1.165) is 5.69 Å². The van der Waals surface area contributed by atoms with Gasteiger partial charge in [-0.1, -0.05) is 18.2 Å². The quantitative estimate of drug-likeness (QED) is 0.187. The molecule has 0 heterocycles. The minimum absolute atomic E-state index is 0.329. The molecule has 5 nitrogen and oxygen atoms in total. The van der Waals surface area contributed by atoms with Crippen LogP contribution in [0.1, 0.15) is 20.8 Å². The number of anilines is 1. The first kappa shape index (κ1) is 26.9. The first-order chi connectivity index (χ1) is 16.2. The number of nitrogens with zero attached hydrogens (tertiary/aromatic N) is 1. The molecule has 0 aliphatic heterocycles. The fraction of sp³-hybridized carbons (Fsp3) is 0.280. The van der Waals surface area contributed by atoms with E-state index in [1.165, 1.54) is 0 Å². The fourth-order valence-corrected chi connectivity index (χ4v) is 8.32. The highest BCUT2D eigenvalue weighted by Gasteiger charge is 2.57. The van der Waals surface area contributed by atoms with Gasteiger partial charge in [-0.25, -0.2) is 0 Å². The van der Waals surface area contributed by atoms with Gasteiger partial charge in [-0.05, 0) is 81.4 Å². The zero-order valence-electron chi connectivity index (χ0n) is 20.1. The van der Waals surface area contributed by atoms with E-state index in [2.05, 4.69) is 3.63 Å². The van der Waals surface area contributed by atoms with Crippen LogP contribution in [0, 0.1) is 0 Å². The second kappa shape index (κ2) is 9.75. The number of halogens is 3. The summed E-state index contributed by atoms with van der Waals surface area (Å²) in [6, 6.07) is 21.3. The third kappa shape index (κ3) is 5.94. The predicted octanol–water partition coefficient (Wildman–Crippen LogP) is 7.07. The van der Waals surface area contributed by atoms with Crippen molar-refractivity contribution in [3.8, 4) is 5.75 Å². The van der Waals surface area contributed by atoms with Crippen LogP contribution in [0.2, 0.25) is 0 Å². The Morgan fingerprint density at radius 2 is 1.20 bits per heavy atom. The van der Waals surface area contributed by atoms with Crippen LogP contribution in [0.3, 0.4) is 0 Å². The van der Waals surface area contributed by atoms with Gasteiger partial charge in [0.05, 0.1) is 25.0 Å². The lowest BCUT2D eigenvalue weighted by molar-refractivity contribution is -0.0540. The number of ether oxygens (including phenoxy) is 1. The summed E-state index contributed by atoms with van der Waals surface area (Å²) in [6.07, 6.45) is 0. The maximum Gasteiger partial charge on any atom is 0.572 e. The van der Waals surface area contributed by atoms with Crippen molar-refractivity contribution < 1.29 is 30.0 Å². The Bertz CT molecular complexity index is 1240. The van der Waals surface area contributed by atoms with E-state index in [4.69, 9.17) is 4.74 Å². The smallest absolute Gasteiger partial charge is 0.488 e. The van der Waals surface area contributed by atoms with Crippen molar-refractivity contribution in [2.24, 2.45) is 0 Å². The van der Waals surface area contributed by atoms with Crippen molar-refractivity contribution in [3.05, 3.63) is 78.9 Å². The average molecular weight is 529 g/mol. The lowest BCUT2D eigenvalue weighted by Gasteiger charge is -2.35. The van der Waals surface area contributed by atoms with Gasteiger partial charge >= 0.3 is 15.6 Å².